The average molecular weight is 687 g/mol. The van der Waals surface area contributed by atoms with Crippen LogP contribution in [0.2, 0.25) is 0 Å². The Morgan fingerprint density at radius 3 is 1.08 bits per heavy atom. The first-order valence-electron chi connectivity index (χ1n) is 18.7. The Balaban J connectivity index is 1.24. The Morgan fingerprint density at radius 2 is 0.623 bits per heavy atom. The molecule has 0 bridgehead atoms. The fourth-order valence-corrected chi connectivity index (χ4v) is 16.4. The first kappa shape index (κ1) is 29.3. The smallest absolute Gasteiger partial charge is 0.246 e. The fraction of sp³-hybridized carbons (Fsp3) is 0. The van der Waals surface area contributed by atoms with Gasteiger partial charge in [-0.25, -0.2) is 0 Å². The van der Waals surface area contributed by atoms with Gasteiger partial charge in [-0.3, -0.25) is 0 Å². The lowest BCUT2D eigenvalue weighted by Gasteiger charge is -2.52. The summed E-state index contributed by atoms with van der Waals surface area (Å²) in [4.78, 5) is 5.04. The molecule has 0 atom stereocenters. The molecule has 4 aliphatic rings. The molecule has 0 N–H and O–H groups in total. The maximum Gasteiger partial charge on any atom is 0.246 e. The molecule has 0 amide bonds. The third-order valence-corrected chi connectivity index (χ3v) is 17.4. The van der Waals surface area contributed by atoms with Crippen molar-refractivity contribution in [2.75, 3.05) is 9.80 Å². The summed E-state index contributed by atoms with van der Waals surface area (Å²) < 4.78 is 0. The van der Waals surface area contributed by atoms with Crippen molar-refractivity contribution in [3.05, 3.63) is 194 Å². The molecule has 8 aromatic rings. The Bertz CT molecular complexity index is 2590. The number of rotatable bonds is 2. The van der Waals surface area contributed by atoms with E-state index in [1.807, 2.05) is 0 Å². The number of hydrogen-bond donors (Lipinski definition) is 0. The topological polar surface area (TPSA) is 6.48 Å². The van der Waals surface area contributed by atoms with Crippen LogP contribution in [0.15, 0.2) is 194 Å². The fourth-order valence-electron chi connectivity index (χ4n) is 10.6. The van der Waals surface area contributed by atoms with Crippen LogP contribution in [-0.2, 0) is 0 Å². The van der Waals surface area contributed by atoms with Gasteiger partial charge >= 0.3 is 0 Å². The number of para-hydroxylation sites is 4. The second kappa shape index (κ2) is 10.9. The largest absolute Gasteiger partial charge is 0.312 e. The van der Waals surface area contributed by atoms with Crippen LogP contribution >= 0.6 is 0 Å². The maximum atomic E-state index is 2.52. The van der Waals surface area contributed by atoms with E-state index in [-0.39, 0.29) is 13.4 Å². The molecule has 244 valence electrons. The normalized spacial score (nSPS) is 14.8. The molecular weight excluding hydrogens is 654 g/mol. The third kappa shape index (κ3) is 3.70. The van der Waals surface area contributed by atoms with Crippen molar-refractivity contribution in [3.8, 4) is 0 Å². The molecule has 0 aliphatic carbocycles. The molecular formula is C48H32B2N2Si. The number of hydrogen-bond acceptors (Lipinski definition) is 2. The van der Waals surface area contributed by atoms with E-state index in [1.165, 1.54) is 87.6 Å². The summed E-state index contributed by atoms with van der Waals surface area (Å²) >= 11 is 0. The molecule has 5 heteroatoms. The van der Waals surface area contributed by atoms with Gasteiger partial charge in [0.2, 0.25) is 13.4 Å². The monoisotopic (exact) mass is 686 g/mol. The first-order chi connectivity index (χ1) is 26.4. The minimum atomic E-state index is -2.92. The van der Waals surface area contributed by atoms with Crippen molar-refractivity contribution in [3.63, 3.8) is 0 Å². The zero-order valence-electron chi connectivity index (χ0n) is 29.0. The molecule has 0 radical (unpaired) electrons. The molecule has 0 saturated carbocycles. The van der Waals surface area contributed by atoms with E-state index in [2.05, 4.69) is 204 Å². The number of benzene rings is 8. The second-order valence-corrected chi connectivity index (χ2v) is 18.4. The maximum absolute atomic E-state index is 2.92. The molecule has 2 nitrogen and oxygen atoms in total. The Hall–Kier alpha value is -6.29. The van der Waals surface area contributed by atoms with Gasteiger partial charge in [0.1, 0.15) is 0 Å². The third-order valence-electron chi connectivity index (χ3n) is 12.4. The van der Waals surface area contributed by atoms with E-state index in [0.29, 0.717) is 0 Å². The van der Waals surface area contributed by atoms with Crippen LogP contribution in [0.1, 0.15) is 0 Å². The minimum absolute atomic E-state index is 0.137. The Labute approximate surface area is 311 Å². The van der Waals surface area contributed by atoms with Crippen LogP contribution in [0.25, 0.3) is 0 Å². The van der Waals surface area contributed by atoms with E-state index in [0.717, 1.165) is 0 Å². The van der Waals surface area contributed by atoms with Gasteiger partial charge in [0, 0.05) is 34.1 Å². The number of nitrogens with zero attached hydrogens (tertiary/aromatic N) is 2. The summed E-state index contributed by atoms with van der Waals surface area (Å²) in [6.45, 7) is 0.273. The van der Waals surface area contributed by atoms with Crippen molar-refractivity contribution in [2.24, 2.45) is 0 Å². The summed E-state index contributed by atoms with van der Waals surface area (Å²) in [5.41, 5.74) is 16.0. The van der Waals surface area contributed by atoms with E-state index < -0.39 is 8.07 Å². The molecule has 4 heterocycles. The SMILES string of the molecule is c1ccc(N2c3ccccc3B3c4ccccc4[Si]4(c5ccccc5B5c6ccccc6N(c6ccccc6)c6cccc4c65)c4cccc2c43)cc1. The van der Waals surface area contributed by atoms with Gasteiger partial charge in [-0.05, 0) is 91.1 Å². The van der Waals surface area contributed by atoms with E-state index in [4.69, 9.17) is 0 Å². The summed E-state index contributed by atoms with van der Waals surface area (Å²) in [7, 11) is -2.92. The molecule has 53 heavy (non-hydrogen) atoms. The average Bonchev–Trinajstić information content (AvgIpc) is 3.23. The second-order valence-electron chi connectivity index (χ2n) is 14.7. The summed E-state index contributed by atoms with van der Waals surface area (Å²) in [5.74, 6) is 0. The minimum Gasteiger partial charge on any atom is -0.312 e. The molecule has 0 saturated heterocycles. The van der Waals surface area contributed by atoms with Crippen molar-refractivity contribution in [1.29, 1.82) is 0 Å². The molecule has 1 spiro atoms. The van der Waals surface area contributed by atoms with Crippen LogP contribution in [0, 0.1) is 0 Å². The molecule has 12 rings (SSSR count). The van der Waals surface area contributed by atoms with Gasteiger partial charge < -0.3 is 9.80 Å². The highest BCUT2D eigenvalue weighted by atomic mass is 28.3. The van der Waals surface area contributed by atoms with Crippen molar-refractivity contribution < 1.29 is 0 Å². The lowest BCUT2D eigenvalue weighted by Crippen LogP contribution is -2.93. The zero-order valence-corrected chi connectivity index (χ0v) is 30.0. The van der Waals surface area contributed by atoms with Crippen molar-refractivity contribution >= 4 is 109 Å². The van der Waals surface area contributed by atoms with Gasteiger partial charge in [0.05, 0.1) is 0 Å². The predicted octanol–water partition coefficient (Wildman–Crippen LogP) is 4.29. The molecule has 4 aliphatic heterocycles. The molecule has 8 aromatic carbocycles. The van der Waals surface area contributed by atoms with Crippen LogP contribution < -0.4 is 63.3 Å². The highest BCUT2D eigenvalue weighted by molar-refractivity contribution is 7.31. The van der Waals surface area contributed by atoms with Crippen LogP contribution in [0.3, 0.4) is 0 Å². The number of fused-ring (bicyclic) bond motifs is 12. The Morgan fingerprint density at radius 1 is 0.283 bits per heavy atom. The van der Waals surface area contributed by atoms with Gasteiger partial charge in [-0.1, -0.05) is 157 Å². The van der Waals surface area contributed by atoms with Crippen LogP contribution in [-0.4, -0.2) is 21.5 Å². The summed E-state index contributed by atoms with van der Waals surface area (Å²) in [6.07, 6.45) is 0. The predicted molar refractivity (Wildman–Crippen MR) is 229 cm³/mol. The van der Waals surface area contributed by atoms with Crippen LogP contribution in [0.4, 0.5) is 34.1 Å². The van der Waals surface area contributed by atoms with E-state index in [9.17, 15) is 0 Å². The first-order valence-corrected chi connectivity index (χ1v) is 20.7. The quantitative estimate of drug-likeness (QED) is 0.251. The summed E-state index contributed by atoms with van der Waals surface area (Å²) in [5, 5.41) is 6.06. The van der Waals surface area contributed by atoms with Gasteiger partial charge in [-0.15, -0.1) is 0 Å². The highest BCUT2D eigenvalue weighted by Gasteiger charge is 2.58. The van der Waals surface area contributed by atoms with Crippen molar-refractivity contribution in [2.45, 2.75) is 0 Å². The highest BCUT2D eigenvalue weighted by Crippen LogP contribution is 2.38. The lowest BCUT2D eigenvalue weighted by atomic mass is 9.34. The van der Waals surface area contributed by atoms with Crippen LogP contribution in [0.5, 0.6) is 0 Å². The van der Waals surface area contributed by atoms with Gasteiger partial charge in [0.25, 0.3) is 0 Å². The molecule has 0 unspecified atom stereocenters. The van der Waals surface area contributed by atoms with Crippen molar-refractivity contribution in [1.82, 2.24) is 0 Å². The van der Waals surface area contributed by atoms with Gasteiger partial charge in [-0.2, -0.15) is 0 Å². The standard InChI is InChI=1S/C48H32B2N2Si/c1-3-17-33(18-4-1)51-39-25-11-7-21-35(39)49-37-23-9-13-29-43(37)53(45-31-15-27-41(51)47(45)49)44-30-14-10-24-38(44)50-36-22-8-12-26-40(36)52(34-19-5-2-6-20-34)42-28-16-32-46(53)48(42)50/h1-32H. The van der Waals surface area contributed by atoms with Gasteiger partial charge in [0.15, 0.2) is 8.07 Å². The summed E-state index contributed by atoms with van der Waals surface area (Å²) in [6, 6.07) is 73.5. The van der Waals surface area contributed by atoms with E-state index >= 15 is 0 Å². The Kier molecular flexibility index (Phi) is 6.01. The molecule has 0 aromatic heterocycles. The number of anilines is 6. The molecule has 0 fully saturated rings. The van der Waals surface area contributed by atoms with E-state index in [1.54, 1.807) is 0 Å². The lowest BCUT2D eigenvalue weighted by molar-refractivity contribution is 1.29. The zero-order chi connectivity index (χ0) is 34.7.